The van der Waals surface area contributed by atoms with Crippen LogP contribution in [-0.2, 0) is 4.79 Å². The van der Waals surface area contributed by atoms with Crippen LogP contribution in [0.1, 0.15) is 44.3 Å². The number of aliphatic hydroxyl groups excluding tert-OH is 1. The minimum Gasteiger partial charge on any atom is -0.386 e. The number of halogens is 1. The normalized spacial score (nSPS) is 19.1. The molecule has 1 aromatic carbocycles. The molecule has 0 aromatic heterocycles. The van der Waals surface area contributed by atoms with Gasteiger partial charge in [-0.3, -0.25) is 4.79 Å². The number of amides is 1. The summed E-state index contributed by atoms with van der Waals surface area (Å²) in [4.78, 5) is 12.0. The number of nitrogens with one attached hydrogen (secondary N) is 1. The summed E-state index contributed by atoms with van der Waals surface area (Å²) in [6.07, 6.45) is 3.27. The Morgan fingerprint density at radius 1 is 1.32 bits per heavy atom. The van der Waals surface area contributed by atoms with Crippen LogP contribution in [0.15, 0.2) is 24.3 Å². The van der Waals surface area contributed by atoms with E-state index in [2.05, 4.69) is 5.32 Å². The lowest BCUT2D eigenvalue weighted by Gasteiger charge is -2.22. The van der Waals surface area contributed by atoms with Gasteiger partial charge in [0.25, 0.3) is 0 Å². The largest absolute Gasteiger partial charge is 0.386 e. The molecule has 1 aromatic rings. The summed E-state index contributed by atoms with van der Waals surface area (Å²) in [6.45, 7) is 1.76. The minimum atomic E-state index is -0.814. The zero-order valence-electron chi connectivity index (χ0n) is 11.1. The first kappa shape index (κ1) is 14.0. The number of rotatable bonds is 4. The van der Waals surface area contributed by atoms with E-state index in [0.29, 0.717) is 5.56 Å². The van der Waals surface area contributed by atoms with E-state index in [4.69, 9.17) is 0 Å². The van der Waals surface area contributed by atoms with Crippen molar-refractivity contribution in [2.45, 2.75) is 44.8 Å². The van der Waals surface area contributed by atoms with Gasteiger partial charge in [-0.15, -0.1) is 0 Å². The lowest BCUT2D eigenvalue weighted by Crippen LogP contribution is -2.40. The minimum absolute atomic E-state index is 0.0196. The van der Waals surface area contributed by atoms with Crippen molar-refractivity contribution in [3.8, 4) is 0 Å². The standard InChI is InChI=1S/C15H20FNO2/c1-10(17-15(19)12-4-2-3-5-12)14(18)11-6-8-13(16)9-7-11/h6-10,12,14,18H,2-5H2,1H3,(H,17,19). The molecule has 1 amide bonds. The van der Waals surface area contributed by atoms with Gasteiger partial charge in [0, 0.05) is 5.92 Å². The molecule has 0 aliphatic heterocycles. The van der Waals surface area contributed by atoms with Crippen LogP contribution in [-0.4, -0.2) is 17.1 Å². The van der Waals surface area contributed by atoms with E-state index in [1.165, 1.54) is 24.3 Å². The van der Waals surface area contributed by atoms with E-state index in [-0.39, 0.29) is 23.7 Å². The van der Waals surface area contributed by atoms with E-state index in [1.807, 2.05) is 0 Å². The molecule has 4 heteroatoms. The Labute approximate surface area is 112 Å². The molecule has 0 radical (unpaired) electrons. The highest BCUT2D eigenvalue weighted by molar-refractivity contribution is 5.79. The van der Waals surface area contributed by atoms with Crippen LogP contribution in [0.2, 0.25) is 0 Å². The predicted octanol–water partition coefficient (Wildman–Crippen LogP) is 2.55. The first-order valence-corrected chi connectivity index (χ1v) is 6.82. The number of hydrogen-bond donors (Lipinski definition) is 2. The summed E-state index contributed by atoms with van der Waals surface area (Å²) in [5.74, 6) is -0.229. The Morgan fingerprint density at radius 3 is 2.47 bits per heavy atom. The van der Waals surface area contributed by atoms with Gasteiger partial charge < -0.3 is 10.4 Å². The van der Waals surface area contributed by atoms with Crippen LogP contribution in [0.25, 0.3) is 0 Å². The van der Waals surface area contributed by atoms with Crippen molar-refractivity contribution in [1.82, 2.24) is 5.32 Å². The third-order valence-corrected chi connectivity index (χ3v) is 3.78. The summed E-state index contributed by atoms with van der Waals surface area (Å²) in [5, 5.41) is 13.0. The van der Waals surface area contributed by atoms with Gasteiger partial charge in [-0.1, -0.05) is 25.0 Å². The molecule has 3 nitrogen and oxygen atoms in total. The summed E-state index contributed by atoms with van der Waals surface area (Å²) in [5.41, 5.74) is 0.612. The fraction of sp³-hybridized carbons (Fsp3) is 0.533. The maximum absolute atomic E-state index is 12.8. The third-order valence-electron chi connectivity index (χ3n) is 3.78. The van der Waals surface area contributed by atoms with Gasteiger partial charge in [-0.2, -0.15) is 0 Å². The molecule has 1 aliphatic rings. The SMILES string of the molecule is CC(NC(=O)C1CCCC1)C(O)c1ccc(F)cc1. The molecule has 0 spiro atoms. The van der Waals surface area contributed by atoms with Gasteiger partial charge in [0.15, 0.2) is 0 Å². The van der Waals surface area contributed by atoms with E-state index in [9.17, 15) is 14.3 Å². The van der Waals surface area contributed by atoms with Gasteiger partial charge in [-0.05, 0) is 37.5 Å². The average Bonchev–Trinajstić information content (AvgIpc) is 2.92. The van der Waals surface area contributed by atoms with Crippen LogP contribution in [0.4, 0.5) is 4.39 Å². The molecule has 1 saturated carbocycles. The lowest BCUT2D eigenvalue weighted by molar-refractivity contribution is -0.126. The quantitative estimate of drug-likeness (QED) is 0.879. The Morgan fingerprint density at radius 2 is 1.89 bits per heavy atom. The number of carbonyl (C=O) groups is 1. The Bertz CT molecular complexity index is 426. The fourth-order valence-corrected chi connectivity index (χ4v) is 2.56. The smallest absolute Gasteiger partial charge is 0.223 e. The van der Waals surface area contributed by atoms with Gasteiger partial charge in [0.2, 0.25) is 5.91 Å². The monoisotopic (exact) mass is 265 g/mol. The zero-order valence-corrected chi connectivity index (χ0v) is 11.1. The van der Waals surface area contributed by atoms with Crippen LogP contribution in [0.3, 0.4) is 0 Å². The molecular weight excluding hydrogens is 245 g/mol. The molecule has 104 valence electrons. The molecule has 2 unspecified atom stereocenters. The first-order chi connectivity index (χ1) is 9.08. The second kappa shape index (κ2) is 6.15. The van der Waals surface area contributed by atoms with Crippen molar-refractivity contribution < 1.29 is 14.3 Å². The zero-order chi connectivity index (χ0) is 13.8. The Kier molecular flexibility index (Phi) is 4.53. The average molecular weight is 265 g/mol. The Hall–Kier alpha value is -1.42. The van der Waals surface area contributed by atoms with E-state index in [1.54, 1.807) is 6.92 Å². The molecule has 19 heavy (non-hydrogen) atoms. The van der Waals surface area contributed by atoms with Gasteiger partial charge >= 0.3 is 0 Å². The summed E-state index contributed by atoms with van der Waals surface area (Å²) in [6, 6.07) is 5.32. The molecule has 0 heterocycles. The van der Waals surface area contributed by atoms with Crippen LogP contribution < -0.4 is 5.32 Å². The van der Waals surface area contributed by atoms with E-state index < -0.39 is 6.10 Å². The Balaban J connectivity index is 1.93. The van der Waals surface area contributed by atoms with Crippen molar-refractivity contribution in [3.05, 3.63) is 35.6 Å². The van der Waals surface area contributed by atoms with E-state index >= 15 is 0 Å². The van der Waals surface area contributed by atoms with Crippen molar-refractivity contribution in [1.29, 1.82) is 0 Å². The lowest BCUT2D eigenvalue weighted by atomic mass is 10.0. The van der Waals surface area contributed by atoms with Gasteiger partial charge in [-0.25, -0.2) is 4.39 Å². The predicted molar refractivity (Wildman–Crippen MR) is 70.9 cm³/mol. The topological polar surface area (TPSA) is 49.3 Å². The fourth-order valence-electron chi connectivity index (χ4n) is 2.56. The molecule has 1 fully saturated rings. The number of carbonyl (C=O) groups excluding carboxylic acids is 1. The third kappa shape index (κ3) is 3.53. The van der Waals surface area contributed by atoms with Gasteiger partial charge in [0.05, 0.1) is 12.1 Å². The molecule has 0 saturated heterocycles. The highest BCUT2D eigenvalue weighted by atomic mass is 19.1. The molecule has 0 bridgehead atoms. The van der Waals surface area contributed by atoms with Gasteiger partial charge in [0.1, 0.15) is 5.82 Å². The van der Waals surface area contributed by atoms with E-state index in [0.717, 1.165) is 25.7 Å². The van der Waals surface area contributed by atoms with Crippen molar-refractivity contribution in [2.24, 2.45) is 5.92 Å². The summed E-state index contributed by atoms with van der Waals surface area (Å²) >= 11 is 0. The number of hydrogen-bond acceptors (Lipinski definition) is 2. The van der Waals surface area contributed by atoms with Crippen molar-refractivity contribution >= 4 is 5.91 Å². The highest BCUT2D eigenvalue weighted by Gasteiger charge is 2.26. The second-order valence-electron chi connectivity index (χ2n) is 5.28. The molecule has 2 rings (SSSR count). The summed E-state index contributed by atoms with van der Waals surface area (Å²) in [7, 11) is 0. The molecule has 2 N–H and O–H groups in total. The molecule has 1 aliphatic carbocycles. The maximum atomic E-state index is 12.8. The summed E-state index contributed by atoms with van der Waals surface area (Å²) < 4.78 is 12.8. The number of aliphatic hydroxyl groups is 1. The van der Waals surface area contributed by atoms with Crippen LogP contribution in [0, 0.1) is 11.7 Å². The molecular formula is C15H20FNO2. The van der Waals surface area contributed by atoms with Crippen molar-refractivity contribution in [3.63, 3.8) is 0 Å². The van der Waals surface area contributed by atoms with Crippen molar-refractivity contribution in [2.75, 3.05) is 0 Å². The maximum Gasteiger partial charge on any atom is 0.223 e. The van der Waals surface area contributed by atoms with Crippen LogP contribution in [0.5, 0.6) is 0 Å². The first-order valence-electron chi connectivity index (χ1n) is 6.82. The molecule has 2 atom stereocenters. The second-order valence-corrected chi connectivity index (χ2v) is 5.28. The number of benzene rings is 1. The van der Waals surface area contributed by atoms with Crippen LogP contribution >= 0.6 is 0 Å². The highest BCUT2D eigenvalue weighted by Crippen LogP contribution is 2.25.